The third kappa shape index (κ3) is 1.18. The lowest BCUT2D eigenvalue weighted by atomic mass is 9.96. The summed E-state index contributed by atoms with van der Waals surface area (Å²) in [4.78, 5) is 0.959. The summed E-state index contributed by atoms with van der Waals surface area (Å²) in [6.07, 6.45) is 0. The molecule has 1 aliphatic heterocycles. The number of thiophene rings is 1. The van der Waals surface area contributed by atoms with Crippen LogP contribution in [0.1, 0.15) is 4.88 Å². The minimum absolute atomic E-state index is 0.641. The summed E-state index contributed by atoms with van der Waals surface area (Å²) in [6, 6.07) is 3.70. The Morgan fingerprint density at radius 1 is 1.55 bits per heavy atom. The Kier molecular flexibility index (Phi) is 1.68. The molecule has 1 aromatic rings. The van der Waals surface area contributed by atoms with Gasteiger partial charge in [-0.1, -0.05) is 11.6 Å². The largest absolute Gasteiger partial charge is 0.382 e. The topological polar surface area (TPSA) is 32.3 Å². The highest BCUT2D eigenvalue weighted by atomic mass is 35.5. The van der Waals surface area contributed by atoms with E-state index in [1.807, 2.05) is 12.1 Å². The number of nitrogens with one attached hydrogen (secondary N) is 1. The van der Waals surface area contributed by atoms with Crippen molar-refractivity contribution in [2.75, 3.05) is 13.1 Å². The second-order valence-corrected chi connectivity index (χ2v) is 4.45. The normalized spacial score (nSPS) is 21.3. The van der Waals surface area contributed by atoms with Crippen LogP contribution in [0.15, 0.2) is 12.1 Å². The summed E-state index contributed by atoms with van der Waals surface area (Å²) in [7, 11) is 0. The number of rotatable bonds is 1. The van der Waals surface area contributed by atoms with Crippen LogP contribution in [0, 0.1) is 0 Å². The van der Waals surface area contributed by atoms with E-state index in [1.54, 1.807) is 0 Å². The van der Waals surface area contributed by atoms with E-state index in [0.717, 1.165) is 9.21 Å². The van der Waals surface area contributed by atoms with Crippen LogP contribution in [-0.2, 0) is 5.60 Å². The van der Waals surface area contributed by atoms with Crippen molar-refractivity contribution in [2.45, 2.75) is 5.60 Å². The fourth-order valence-electron chi connectivity index (χ4n) is 1.10. The molecular weight excluding hydrogens is 182 g/mol. The molecule has 0 bridgehead atoms. The number of aliphatic hydroxyl groups is 1. The maximum atomic E-state index is 9.78. The van der Waals surface area contributed by atoms with Crippen LogP contribution in [-0.4, -0.2) is 18.2 Å². The first-order valence-corrected chi connectivity index (χ1v) is 4.59. The first-order valence-electron chi connectivity index (χ1n) is 3.40. The Morgan fingerprint density at radius 3 is 2.64 bits per heavy atom. The SMILES string of the molecule is OC1(c2ccc(Cl)s2)CNC1. The van der Waals surface area contributed by atoms with E-state index in [-0.39, 0.29) is 0 Å². The van der Waals surface area contributed by atoms with Gasteiger partial charge in [-0.05, 0) is 12.1 Å². The van der Waals surface area contributed by atoms with Crippen molar-refractivity contribution in [2.24, 2.45) is 0 Å². The van der Waals surface area contributed by atoms with Crippen LogP contribution >= 0.6 is 22.9 Å². The maximum absolute atomic E-state index is 9.78. The molecule has 1 aliphatic rings. The highest BCUT2D eigenvalue weighted by Gasteiger charge is 2.37. The lowest BCUT2D eigenvalue weighted by Crippen LogP contribution is -2.56. The standard InChI is InChI=1S/C7H8ClNOS/c8-6-2-1-5(11-6)7(10)3-9-4-7/h1-2,9-10H,3-4H2. The predicted octanol–water partition coefficient (Wildman–Crippen LogP) is 1.19. The van der Waals surface area contributed by atoms with Gasteiger partial charge < -0.3 is 10.4 Å². The average Bonchev–Trinajstić information content (AvgIpc) is 2.31. The molecule has 2 heterocycles. The van der Waals surface area contributed by atoms with Crippen LogP contribution in [0.5, 0.6) is 0 Å². The molecule has 0 aliphatic carbocycles. The molecule has 0 radical (unpaired) electrons. The van der Waals surface area contributed by atoms with Gasteiger partial charge in [-0.15, -0.1) is 11.3 Å². The second-order valence-electron chi connectivity index (χ2n) is 2.74. The Labute approximate surface area is 73.8 Å². The molecule has 2 nitrogen and oxygen atoms in total. The Morgan fingerprint density at radius 2 is 2.27 bits per heavy atom. The van der Waals surface area contributed by atoms with Gasteiger partial charge in [-0.25, -0.2) is 0 Å². The second kappa shape index (κ2) is 2.45. The Hall–Kier alpha value is -0.0900. The van der Waals surface area contributed by atoms with Gasteiger partial charge in [-0.3, -0.25) is 0 Å². The van der Waals surface area contributed by atoms with Gasteiger partial charge in [0.2, 0.25) is 0 Å². The van der Waals surface area contributed by atoms with E-state index in [1.165, 1.54) is 11.3 Å². The third-order valence-electron chi connectivity index (χ3n) is 1.87. The van der Waals surface area contributed by atoms with E-state index in [4.69, 9.17) is 11.6 Å². The molecular formula is C7H8ClNOS. The zero-order chi connectivity index (χ0) is 7.90. The van der Waals surface area contributed by atoms with Crippen LogP contribution < -0.4 is 5.32 Å². The predicted molar refractivity (Wildman–Crippen MR) is 46.1 cm³/mol. The van der Waals surface area contributed by atoms with Crippen LogP contribution in [0.25, 0.3) is 0 Å². The van der Waals surface area contributed by atoms with Gasteiger partial charge in [0.15, 0.2) is 0 Å². The van der Waals surface area contributed by atoms with Gasteiger partial charge in [0.25, 0.3) is 0 Å². The Bertz CT molecular complexity index is 269. The molecule has 1 saturated heterocycles. The van der Waals surface area contributed by atoms with Crippen molar-refractivity contribution in [3.63, 3.8) is 0 Å². The molecule has 0 amide bonds. The average molecular weight is 190 g/mol. The molecule has 11 heavy (non-hydrogen) atoms. The van der Waals surface area contributed by atoms with Crippen molar-refractivity contribution in [3.8, 4) is 0 Å². The van der Waals surface area contributed by atoms with E-state index in [2.05, 4.69) is 5.32 Å². The fraction of sp³-hybridized carbons (Fsp3) is 0.429. The van der Waals surface area contributed by atoms with Crippen molar-refractivity contribution in [1.82, 2.24) is 5.32 Å². The quantitative estimate of drug-likeness (QED) is 0.696. The highest BCUT2D eigenvalue weighted by molar-refractivity contribution is 7.16. The molecule has 0 saturated carbocycles. The van der Waals surface area contributed by atoms with Crippen molar-refractivity contribution in [3.05, 3.63) is 21.3 Å². The van der Waals surface area contributed by atoms with E-state index in [0.29, 0.717) is 13.1 Å². The summed E-state index contributed by atoms with van der Waals surface area (Å²) in [6.45, 7) is 1.29. The minimum Gasteiger partial charge on any atom is -0.382 e. The first kappa shape index (κ1) is 7.55. The number of β-amino-alcohol motifs (C(OH)–C–C–N with tert-alkyl or cyclic N) is 1. The van der Waals surface area contributed by atoms with E-state index < -0.39 is 5.60 Å². The summed E-state index contributed by atoms with van der Waals surface area (Å²) in [5.41, 5.74) is -0.641. The molecule has 1 aromatic heterocycles. The lowest BCUT2D eigenvalue weighted by molar-refractivity contribution is -0.0112. The highest BCUT2D eigenvalue weighted by Crippen LogP contribution is 2.33. The zero-order valence-electron chi connectivity index (χ0n) is 5.80. The van der Waals surface area contributed by atoms with Crippen molar-refractivity contribution in [1.29, 1.82) is 0 Å². The molecule has 0 atom stereocenters. The monoisotopic (exact) mass is 189 g/mol. The first-order chi connectivity index (χ1) is 5.21. The number of hydrogen-bond acceptors (Lipinski definition) is 3. The smallest absolute Gasteiger partial charge is 0.123 e. The van der Waals surface area contributed by atoms with E-state index in [9.17, 15) is 5.11 Å². The molecule has 2 N–H and O–H groups in total. The minimum atomic E-state index is -0.641. The van der Waals surface area contributed by atoms with Crippen LogP contribution in [0.3, 0.4) is 0 Å². The summed E-state index contributed by atoms with van der Waals surface area (Å²) in [5, 5.41) is 12.8. The van der Waals surface area contributed by atoms with Gasteiger partial charge in [0, 0.05) is 18.0 Å². The van der Waals surface area contributed by atoms with Crippen LogP contribution in [0.4, 0.5) is 0 Å². The van der Waals surface area contributed by atoms with Gasteiger partial charge in [0.05, 0.1) is 4.34 Å². The molecule has 4 heteroatoms. The molecule has 0 aromatic carbocycles. The molecule has 0 unspecified atom stereocenters. The van der Waals surface area contributed by atoms with E-state index >= 15 is 0 Å². The number of hydrogen-bond donors (Lipinski definition) is 2. The van der Waals surface area contributed by atoms with Gasteiger partial charge in [-0.2, -0.15) is 0 Å². The molecule has 2 rings (SSSR count). The number of halogens is 1. The fourth-order valence-corrected chi connectivity index (χ4v) is 2.23. The zero-order valence-corrected chi connectivity index (χ0v) is 7.37. The van der Waals surface area contributed by atoms with Crippen molar-refractivity contribution >= 4 is 22.9 Å². The molecule has 0 spiro atoms. The summed E-state index contributed by atoms with van der Waals surface area (Å²) >= 11 is 7.18. The summed E-state index contributed by atoms with van der Waals surface area (Å²) in [5.74, 6) is 0. The van der Waals surface area contributed by atoms with Gasteiger partial charge >= 0.3 is 0 Å². The molecule has 60 valence electrons. The van der Waals surface area contributed by atoms with Gasteiger partial charge in [0.1, 0.15) is 5.60 Å². The molecule has 1 fully saturated rings. The van der Waals surface area contributed by atoms with Crippen LogP contribution in [0.2, 0.25) is 4.34 Å². The third-order valence-corrected chi connectivity index (χ3v) is 3.29. The lowest BCUT2D eigenvalue weighted by Gasteiger charge is -2.36. The van der Waals surface area contributed by atoms with Crippen molar-refractivity contribution < 1.29 is 5.11 Å². The Balaban J connectivity index is 2.28. The maximum Gasteiger partial charge on any atom is 0.123 e. The summed E-state index contributed by atoms with van der Waals surface area (Å²) < 4.78 is 0.736.